The van der Waals surface area contributed by atoms with E-state index < -0.39 is 0 Å². The molecule has 134 valence electrons. The molecule has 3 aromatic rings. The Hall–Kier alpha value is -2.66. The molecule has 0 atom stereocenters. The molecule has 0 bridgehead atoms. The zero-order valence-electron chi connectivity index (χ0n) is 15.4. The van der Waals surface area contributed by atoms with Gasteiger partial charge in [-0.1, -0.05) is 25.1 Å². The number of pyridine rings is 1. The van der Waals surface area contributed by atoms with E-state index in [0.717, 1.165) is 49.5 Å². The minimum Gasteiger partial charge on any atom is -0.368 e. The minimum atomic E-state index is -0.0390. The minimum absolute atomic E-state index is 0.0390. The maximum absolute atomic E-state index is 12.7. The summed E-state index contributed by atoms with van der Waals surface area (Å²) in [7, 11) is 2.14. The van der Waals surface area contributed by atoms with Crippen molar-refractivity contribution in [3.8, 4) is 11.3 Å². The summed E-state index contributed by atoms with van der Waals surface area (Å²) in [6.45, 7) is 6.16. The Kier molecular flexibility index (Phi) is 4.47. The van der Waals surface area contributed by atoms with E-state index in [9.17, 15) is 4.79 Å². The normalized spacial score (nSPS) is 15.5. The number of hydrogen-bond acceptors (Lipinski definition) is 4. The first kappa shape index (κ1) is 16.8. The molecular formula is C21H24N4O. The standard InChI is InChI=1S/C21H24N4O/c1-3-16-5-4-6-17(13-16)19-14-21(26)25-15-18(7-8-20(25)22-19)24-11-9-23(2)10-12-24/h4-8,13-15H,3,9-12H2,1-2H3. The van der Waals surface area contributed by atoms with Gasteiger partial charge >= 0.3 is 0 Å². The van der Waals surface area contributed by atoms with E-state index in [1.165, 1.54) is 5.56 Å². The van der Waals surface area contributed by atoms with Gasteiger partial charge in [0.1, 0.15) is 5.65 Å². The molecule has 0 radical (unpaired) electrons. The number of aromatic nitrogens is 2. The van der Waals surface area contributed by atoms with E-state index >= 15 is 0 Å². The molecule has 3 heterocycles. The first-order chi connectivity index (χ1) is 12.6. The molecule has 0 unspecified atom stereocenters. The van der Waals surface area contributed by atoms with Crippen molar-refractivity contribution in [1.29, 1.82) is 0 Å². The summed E-state index contributed by atoms with van der Waals surface area (Å²) in [5, 5.41) is 0. The Balaban J connectivity index is 1.72. The van der Waals surface area contributed by atoms with Crippen LogP contribution in [-0.4, -0.2) is 47.5 Å². The van der Waals surface area contributed by atoms with E-state index in [0.29, 0.717) is 5.65 Å². The Morgan fingerprint density at radius 3 is 2.62 bits per heavy atom. The number of hydrogen-bond donors (Lipinski definition) is 0. The highest BCUT2D eigenvalue weighted by Gasteiger charge is 2.15. The van der Waals surface area contributed by atoms with Gasteiger partial charge in [-0.3, -0.25) is 9.20 Å². The van der Waals surface area contributed by atoms with Crippen LogP contribution >= 0.6 is 0 Å². The van der Waals surface area contributed by atoms with Crippen molar-refractivity contribution in [3.05, 3.63) is 64.6 Å². The second kappa shape index (κ2) is 6.92. The second-order valence-electron chi connectivity index (χ2n) is 6.94. The molecule has 4 rings (SSSR count). The van der Waals surface area contributed by atoms with E-state index in [-0.39, 0.29) is 5.56 Å². The van der Waals surface area contributed by atoms with E-state index in [4.69, 9.17) is 4.98 Å². The van der Waals surface area contributed by atoms with Gasteiger partial charge in [-0.05, 0) is 37.2 Å². The highest BCUT2D eigenvalue weighted by atomic mass is 16.1. The van der Waals surface area contributed by atoms with E-state index in [1.807, 2.05) is 24.4 Å². The number of benzene rings is 1. The number of anilines is 1. The van der Waals surface area contributed by atoms with Crippen LogP contribution in [0.1, 0.15) is 12.5 Å². The number of nitrogens with zero attached hydrogens (tertiary/aromatic N) is 4. The number of likely N-dealkylation sites (N-methyl/N-ethyl adjacent to an activating group) is 1. The van der Waals surface area contributed by atoms with Gasteiger partial charge < -0.3 is 9.80 Å². The number of piperazine rings is 1. The third kappa shape index (κ3) is 3.22. The van der Waals surface area contributed by atoms with E-state index in [1.54, 1.807) is 10.5 Å². The SMILES string of the molecule is CCc1cccc(-c2cc(=O)n3cc(N4CCN(C)CC4)ccc3n2)c1. The maximum atomic E-state index is 12.7. The lowest BCUT2D eigenvalue weighted by molar-refractivity contribution is 0.313. The predicted molar refractivity (Wildman–Crippen MR) is 106 cm³/mol. The molecule has 0 saturated carbocycles. The van der Waals surface area contributed by atoms with Crippen LogP contribution in [0.2, 0.25) is 0 Å². The molecular weight excluding hydrogens is 324 g/mol. The zero-order valence-corrected chi connectivity index (χ0v) is 15.4. The Bertz CT molecular complexity index is 987. The molecule has 1 aliphatic rings. The fraction of sp³-hybridized carbons (Fsp3) is 0.333. The molecule has 1 aromatic carbocycles. The first-order valence-corrected chi connectivity index (χ1v) is 9.20. The highest BCUT2D eigenvalue weighted by Crippen LogP contribution is 2.20. The molecule has 0 amide bonds. The maximum Gasteiger partial charge on any atom is 0.258 e. The molecule has 0 N–H and O–H groups in total. The molecule has 5 nitrogen and oxygen atoms in total. The van der Waals surface area contributed by atoms with Gasteiger partial charge in [-0.25, -0.2) is 4.98 Å². The Labute approximate surface area is 153 Å². The lowest BCUT2D eigenvalue weighted by Gasteiger charge is -2.34. The Morgan fingerprint density at radius 1 is 1.04 bits per heavy atom. The number of aryl methyl sites for hydroxylation is 1. The summed E-state index contributed by atoms with van der Waals surface area (Å²) in [5.74, 6) is 0. The third-order valence-electron chi connectivity index (χ3n) is 5.14. The molecule has 1 aliphatic heterocycles. The van der Waals surface area contributed by atoms with Gasteiger partial charge in [0.25, 0.3) is 5.56 Å². The molecule has 26 heavy (non-hydrogen) atoms. The number of rotatable bonds is 3. The van der Waals surface area contributed by atoms with Crippen molar-refractivity contribution in [2.24, 2.45) is 0 Å². The van der Waals surface area contributed by atoms with Crippen LogP contribution < -0.4 is 10.5 Å². The van der Waals surface area contributed by atoms with Gasteiger partial charge in [0, 0.05) is 44.0 Å². The van der Waals surface area contributed by atoms with Crippen LogP contribution in [0.4, 0.5) is 5.69 Å². The lowest BCUT2D eigenvalue weighted by atomic mass is 10.1. The van der Waals surface area contributed by atoms with E-state index in [2.05, 4.69) is 42.0 Å². The van der Waals surface area contributed by atoms with Crippen molar-refractivity contribution >= 4 is 11.3 Å². The molecule has 5 heteroatoms. The average Bonchev–Trinajstić information content (AvgIpc) is 2.68. The topological polar surface area (TPSA) is 40.9 Å². The number of fused-ring (bicyclic) bond motifs is 1. The van der Waals surface area contributed by atoms with Crippen molar-refractivity contribution in [2.75, 3.05) is 38.1 Å². The van der Waals surface area contributed by atoms with Crippen LogP contribution in [0.15, 0.2) is 53.5 Å². The van der Waals surface area contributed by atoms with Crippen LogP contribution in [0.25, 0.3) is 16.9 Å². The van der Waals surface area contributed by atoms with Crippen LogP contribution in [-0.2, 0) is 6.42 Å². The van der Waals surface area contributed by atoms with Crippen molar-refractivity contribution in [1.82, 2.24) is 14.3 Å². The highest BCUT2D eigenvalue weighted by molar-refractivity contribution is 5.63. The summed E-state index contributed by atoms with van der Waals surface area (Å²) < 4.78 is 1.65. The van der Waals surface area contributed by atoms with Crippen LogP contribution in [0, 0.1) is 0 Å². The largest absolute Gasteiger partial charge is 0.368 e. The van der Waals surface area contributed by atoms with Crippen LogP contribution in [0.5, 0.6) is 0 Å². The summed E-state index contributed by atoms with van der Waals surface area (Å²) in [6.07, 6.45) is 2.89. The second-order valence-corrected chi connectivity index (χ2v) is 6.94. The molecule has 2 aromatic heterocycles. The van der Waals surface area contributed by atoms with Crippen molar-refractivity contribution in [2.45, 2.75) is 13.3 Å². The Morgan fingerprint density at radius 2 is 1.85 bits per heavy atom. The van der Waals surface area contributed by atoms with Gasteiger partial charge in [0.15, 0.2) is 0 Å². The summed E-state index contributed by atoms with van der Waals surface area (Å²) in [6, 6.07) is 13.9. The van der Waals surface area contributed by atoms with Crippen molar-refractivity contribution in [3.63, 3.8) is 0 Å². The van der Waals surface area contributed by atoms with Crippen molar-refractivity contribution < 1.29 is 0 Å². The fourth-order valence-electron chi connectivity index (χ4n) is 3.44. The molecule has 0 aliphatic carbocycles. The first-order valence-electron chi connectivity index (χ1n) is 9.20. The summed E-state index contributed by atoms with van der Waals surface area (Å²) in [4.78, 5) is 22.1. The monoisotopic (exact) mass is 348 g/mol. The smallest absolute Gasteiger partial charge is 0.258 e. The third-order valence-corrected chi connectivity index (χ3v) is 5.14. The zero-order chi connectivity index (χ0) is 18.1. The predicted octanol–water partition coefficient (Wildman–Crippen LogP) is 2.68. The van der Waals surface area contributed by atoms with Gasteiger partial charge in [0.2, 0.25) is 0 Å². The lowest BCUT2D eigenvalue weighted by Crippen LogP contribution is -2.44. The van der Waals surface area contributed by atoms with Gasteiger partial charge in [-0.15, -0.1) is 0 Å². The van der Waals surface area contributed by atoms with Gasteiger partial charge in [0.05, 0.1) is 11.4 Å². The molecule has 0 spiro atoms. The molecule has 1 fully saturated rings. The average molecular weight is 348 g/mol. The van der Waals surface area contributed by atoms with Crippen LogP contribution in [0.3, 0.4) is 0 Å². The summed E-state index contributed by atoms with van der Waals surface area (Å²) in [5.41, 5.74) is 4.70. The molecule has 1 saturated heterocycles. The van der Waals surface area contributed by atoms with Gasteiger partial charge in [-0.2, -0.15) is 0 Å². The quantitative estimate of drug-likeness (QED) is 0.730. The fourth-order valence-corrected chi connectivity index (χ4v) is 3.44. The summed E-state index contributed by atoms with van der Waals surface area (Å²) >= 11 is 0.